The first-order chi connectivity index (χ1) is 11.3. The van der Waals surface area contributed by atoms with Gasteiger partial charge in [-0.1, -0.05) is 13.0 Å². The smallest absolute Gasteiger partial charge is 0.300 e. The highest BCUT2D eigenvalue weighted by Gasteiger charge is 2.54. The predicted molar refractivity (Wildman–Crippen MR) is 91.0 cm³/mol. The van der Waals surface area contributed by atoms with E-state index in [2.05, 4.69) is 13.0 Å². The molecular formula is C20H26O4. The van der Waals surface area contributed by atoms with Crippen LogP contribution in [-0.4, -0.2) is 22.0 Å². The molecular weight excluding hydrogens is 304 g/mol. The maximum atomic E-state index is 12.3. The van der Waals surface area contributed by atoms with E-state index < -0.39 is 5.97 Å². The quantitative estimate of drug-likeness (QED) is 0.756. The SMILES string of the molecule is CC(=O)O.C[C@]12CC[C@@H]3c4ccc(O)cc4CC[C@H]3[C@@H]1CCC2=O. The number of phenols is 1. The average molecular weight is 330 g/mol. The lowest BCUT2D eigenvalue weighted by Gasteiger charge is -2.48. The first-order valence-electron chi connectivity index (χ1n) is 8.87. The van der Waals surface area contributed by atoms with E-state index in [9.17, 15) is 9.90 Å². The third-order valence-corrected chi connectivity index (χ3v) is 6.42. The van der Waals surface area contributed by atoms with Crippen LogP contribution in [0.2, 0.25) is 0 Å². The van der Waals surface area contributed by atoms with Crippen molar-refractivity contribution in [2.75, 3.05) is 0 Å². The Balaban J connectivity index is 0.000000383. The normalized spacial score (nSPS) is 33.6. The van der Waals surface area contributed by atoms with Gasteiger partial charge in [-0.15, -0.1) is 0 Å². The third-order valence-electron chi connectivity index (χ3n) is 6.42. The highest BCUT2D eigenvalue weighted by molar-refractivity contribution is 5.87. The van der Waals surface area contributed by atoms with Gasteiger partial charge in [0.15, 0.2) is 0 Å². The minimum absolute atomic E-state index is 0.0322. The second kappa shape index (κ2) is 6.23. The maximum Gasteiger partial charge on any atom is 0.300 e. The standard InChI is InChI=1S/C18H22O2.C2H4O2/c1-18-9-8-14-13-5-3-12(19)10-11(13)2-4-15(14)16(18)6-7-17(18)20;1-2(3)4/h3,5,10,14-16,19H,2,4,6-9H2,1H3;1H3,(H,3,4)/t14-,15-,16+,18+;/m1./s1. The number of fused-ring (bicyclic) bond motifs is 5. The van der Waals surface area contributed by atoms with Crippen molar-refractivity contribution < 1.29 is 19.8 Å². The van der Waals surface area contributed by atoms with Crippen LogP contribution in [-0.2, 0) is 16.0 Å². The Hall–Kier alpha value is -1.84. The van der Waals surface area contributed by atoms with Gasteiger partial charge in [0.05, 0.1) is 0 Å². The molecule has 0 saturated heterocycles. The van der Waals surface area contributed by atoms with E-state index in [1.165, 1.54) is 17.5 Å². The fourth-order valence-corrected chi connectivity index (χ4v) is 5.34. The van der Waals surface area contributed by atoms with Gasteiger partial charge in [-0.25, -0.2) is 0 Å². The van der Waals surface area contributed by atoms with Crippen LogP contribution >= 0.6 is 0 Å². The molecule has 24 heavy (non-hydrogen) atoms. The van der Waals surface area contributed by atoms with Crippen LogP contribution in [0.4, 0.5) is 0 Å². The van der Waals surface area contributed by atoms with Crippen molar-refractivity contribution in [3.05, 3.63) is 29.3 Å². The van der Waals surface area contributed by atoms with E-state index in [-0.39, 0.29) is 5.41 Å². The van der Waals surface area contributed by atoms with E-state index in [1.807, 2.05) is 12.1 Å². The second-order valence-corrected chi connectivity index (χ2v) is 7.74. The fourth-order valence-electron chi connectivity index (χ4n) is 5.34. The molecule has 4 heteroatoms. The average Bonchev–Trinajstić information content (AvgIpc) is 2.82. The number of rotatable bonds is 0. The molecule has 0 radical (unpaired) electrons. The van der Waals surface area contributed by atoms with Gasteiger partial charge in [-0.3, -0.25) is 9.59 Å². The molecule has 4 atom stereocenters. The molecule has 1 aromatic carbocycles. The van der Waals surface area contributed by atoms with Gasteiger partial charge in [0.2, 0.25) is 0 Å². The van der Waals surface area contributed by atoms with Gasteiger partial charge in [0.25, 0.3) is 5.97 Å². The molecule has 0 bridgehead atoms. The number of Topliss-reactive ketones (excluding diaryl/α,β-unsaturated/α-hetero) is 1. The molecule has 3 aliphatic carbocycles. The van der Waals surface area contributed by atoms with Crippen molar-refractivity contribution in [2.45, 2.75) is 58.3 Å². The molecule has 2 N–H and O–H groups in total. The lowest BCUT2D eigenvalue weighted by molar-refractivity contribution is -0.134. The number of hydrogen-bond donors (Lipinski definition) is 2. The van der Waals surface area contributed by atoms with Crippen molar-refractivity contribution in [3.63, 3.8) is 0 Å². The number of aliphatic carboxylic acids is 1. The lowest BCUT2D eigenvalue weighted by atomic mass is 9.55. The largest absolute Gasteiger partial charge is 0.508 e. The van der Waals surface area contributed by atoms with Crippen LogP contribution in [0, 0.1) is 17.3 Å². The molecule has 0 unspecified atom stereocenters. The number of aryl methyl sites for hydroxylation is 1. The zero-order valence-electron chi connectivity index (χ0n) is 14.4. The number of carbonyl (C=O) groups excluding carboxylic acids is 1. The Morgan fingerprint density at radius 2 is 1.92 bits per heavy atom. The summed E-state index contributed by atoms with van der Waals surface area (Å²) in [7, 11) is 0. The van der Waals surface area contributed by atoms with E-state index in [1.54, 1.807) is 0 Å². The summed E-state index contributed by atoms with van der Waals surface area (Å²) in [5.74, 6) is 1.95. The summed E-state index contributed by atoms with van der Waals surface area (Å²) in [5, 5.41) is 17.1. The Bertz CT molecular complexity index is 662. The van der Waals surface area contributed by atoms with E-state index in [0.717, 1.165) is 39.0 Å². The molecule has 3 aliphatic rings. The van der Waals surface area contributed by atoms with Gasteiger partial charge in [-0.05, 0) is 73.1 Å². The zero-order chi connectivity index (χ0) is 17.5. The van der Waals surface area contributed by atoms with Crippen LogP contribution in [0.15, 0.2) is 18.2 Å². The summed E-state index contributed by atoms with van der Waals surface area (Å²) < 4.78 is 0. The predicted octanol–water partition coefficient (Wildman–Crippen LogP) is 3.91. The summed E-state index contributed by atoms with van der Waals surface area (Å²) >= 11 is 0. The van der Waals surface area contributed by atoms with Gasteiger partial charge in [0, 0.05) is 18.8 Å². The molecule has 130 valence electrons. The lowest BCUT2D eigenvalue weighted by Crippen LogP contribution is -2.42. The molecule has 1 aromatic rings. The highest BCUT2D eigenvalue weighted by Crippen LogP contribution is 2.59. The fraction of sp³-hybridized carbons (Fsp3) is 0.600. The van der Waals surface area contributed by atoms with Crippen LogP contribution < -0.4 is 0 Å². The number of carbonyl (C=O) groups is 2. The van der Waals surface area contributed by atoms with Crippen LogP contribution in [0.3, 0.4) is 0 Å². The van der Waals surface area contributed by atoms with Crippen LogP contribution in [0.1, 0.15) is 63.0 Å². The van der Waals surface area contributed by atoms with Gasteiger partial charge >= 0.3 is 0 Å². The number of hydrogen-bond acceptors (Lipinski definition) is 3. The third kappa shape index (κ3) is 2.83. The Morgan fingerprint density at radius 1 is 1.21 bits per heavy atom. The van der Waals surface area contributed by atoms with Gasteiger partial charge < -0.3 is 10.2 Å². The topological polar surface area (TPSA) is 74.6 Å². The van der Waals surface area contributed by atoms with Gasteiger partial charge in [0.1, 0.15) is 11.5 Å². The summed E-state index contributed by atoms with van der Waals surface area (Å²) in [5.41, 5.74) is 2.75. The molecule has 0 spiro atoms. The van der Waals surface area contributed by atoms with Gasteiger partial charge in [-0.2, -0.15) is 0 Å². The Kier molecular flexibility index (Phi) is 4.41. The number of carboxylic acid groups (broad SMARTS) is 1. The monoisotopic (exact) mass is 330 g/mol. The first-order valence-corrected chi connectivity index (χ1v) is 8.87. The molecule has 2 saturated carbocycles. The zero-order valence-corrected chi connectivity index (χ0v) is 14.4. The highest BCUT2D eigenvalue weighted by atomic mass is 16.4. The number of ketones is 1. The number of benzene rings is 1. The van der Waals surface area contributed by atoms with Crippen molar-refractivity contribution in [1.82, 2.24) is 0 Å². The maximum absolute atomic E-state index is 12.3. The minimum atomic E-state index is -0.833. The molecule has 0 amide bonds. The Morgan fingerprint density at radius 3 is 2.62 bits per heavy atom. The molecule has 0 aromatic heterocycles. The van der Waals surface area contributed by atoms with Crippen LogP contribution in [0.25, 0.3) is 0 Å². The summed E-state index contributed by atoms with van der Waals surface area (Å²) in [6, 6.07) is 5.90. The number of phenolic OH excluding ortho intramolecular Hbond substituents is 1. The summed E-state index contributed by atoms with van der Waals surface area (Å²) in [6.45, 7) is 3.30. The molecule has 4 rings (SSSR count). The summed E-state index contributed by atoms with van der Waals surface area (Å²) in [6.07, 6.45) is 6.34. The van der Waals surface area contributed by atoms with Crippen molar-refractivity contribution >= 4 is 11.8 Å². The number of aromatic hydroxyl groups is 1. The molecule has 0 heterocycles. The first kappa shape index (κ1) is 17.0. The molecule has 0 aliphatic heterocycles. The minimum Gasteiger partial charge on any atom is -0.508 e. The van der Waals surface area contributed by atoms with E-state index >= 15 is 0 Å². The van der Waals surface area contributed by atoms with Crippen LogP contribution in [0.5, 0.6) is 5.75 Å². The molecule has 2 fully saturated rings. The number of carboxylic acids is 1. The summed E-state index contributed by atoms with van der Waals surface area (Å²) in [4.78, 5) is 21.3. The second-order valence-electron chi connectivity index (χ2n) is 7.74. The Labute approximate surface area is 142 Å². The van der Waals surface area contributed by atoms with Crippen molar-refractivity contribution in [1.29, 1.82) is 0 Å². The van der Waals surface area contributed by atoms with Crippen molar-refractivity contribution in [3.8, 4) is 5.75 Å². The van der Waals surface area contributed by atoms with E-state index in [0.29, 0.717) is 29.3 Å². The van der Waals surface area contributed by atoms with E-state index in [4.69, 9.17) is 9.90 Å². The van der Waals surface area contributed by atoms with Crippen molar-refractivity contribution in [2.24, 2.45) is 17.3 Å². The molecule has 4 nitrogen and oxygen atoms in total.